The molecule has 0 saturated carbocycles. The maximum Gasteiger partial charge on any atom is 0.342 e. The van der Waals surface area contributed by atoms with Gasteiger partial charge in [-0.1, -0.05) is 50.2 Å². The Labute approximate surface area is 188 Å². The van der Waals surface area contributed by atoms with Crippen molar-refractivity contribution in [1.82, 2.24) is 4.98 Å². The zero-order valence-corrected chi connectivity index (χ0v) is 18.9. The van der Waals surface area contributed by atoms with Crippen molar-refractivity contribution in [3.05, 3.63) is 65.2 Å². The number of para-hydroxylation sites is 2. The number of nitrogens with zero attached hydrogens (tertiary/aromatic N) is 2. The minimum atomic E-state index is -0.533. The SMILES string of the molecule is Cc1cccc(C(C)C)c1NC(=O)COC(=O)c1cc2ccccc2nc1N1CCCC1. The van der Waals surface area contributed by atoms with Crippen molar-refractivity contribution >= 4 is 34.3 Å². The number of fused-ring (bicyclic) bond motifs is 1. The lowest BCUT2D eigenvalue weighted by molar-refractivity contribution is -0.119. The molecule has 6 nitrogen and oxygen atoms in total. The second-order valence-corrected chi connectivity index (χ2v) is 8.56. The Bertz CT molecular complexity index is 1150. The van der Waals surface area contributed by atoms with Crippen LogP contribution in [0.5, 0.6) is 0 Å². The summed E-state index contributed by atoms with van der Waals surface area (Å²) >= 11 is 0. The predicted molar refractivity (Wildman–Crippen MR) is 127 cm³/mol. The number of rotatable bonds is 6. The van der Waals surface area contributed by atoms with Gasteiger partial charge in [0.2, 0.25) is 0 Å². The van der Waals surface area contributed by atoms with Gasteiger partial charge in [-0.15, -0.1) is 0 Å². The van der Waals surface area contributed by atoms with Crippen molar-refractivity contribution in [3.63, 3.8) is 0 Å². The zero-order chi connectivity index (χ0) is 22.7. The van der Waals surface area contributed by atoms with Crippen molar-refractivity contribution in [2.24, 2.45) is 0 Å². The summed E-state index contributed by atoms with van der Waals surface area (Å²) in [5.74, 6) is 0.00670. The van der Waals surface area contributed by atoms with E-state index < -0.39 is 5.97 Å². The minimum absolute atomic E-state index is 0.263. The average molecular weight is 432 g/mol. The zero-order valence-electron chi connectivity index (χ0n) is 18.9. The molecular weight excluding hydrogens is 402 g/mol. The molecule has 0 unspecified atom stereocenters. The standard InChI is InChI=1S/C26H29N3O3/c1-17(2)20-11-8-9-18(3)24(20)28-23(30)16-32-26(31)21-15-19-10-4-5-12-22(19)27-25(21)29-13-6-7-14-29/h4-5,8-12,15,17H,6-7,13-14,16H2,1-3H3,(H,28,30). The number of hydrogen-bond acceptors (Lipinski definition) is 5. The minimum Gasteiger partial charge on any atom is -0.452 e. The molecule has 1 aromatic heterocycles. The van der Waals surface area contributed by atoms with Crippen LogP contribution in [-0.2, 0) is 9.53 Å². The Morgan fingerprint density at radius 3 is 2.59 bits per heavy atom. The second kappa shape index (κ2) is 9.39. The van der Waals surface area contributed by atoms with Crippen LogP contribution in [-0.4, -0.2) is 36.6 Å². The van der Waals surface area contributed by atoms with Crippen molar-refractivity contribution in [2.75, 3.05) is 29.9 Å². The van der Waals surface area contributed by atoms with Crippen molar-refractivity contribution in [1.29, 1.82) is 0 Å². The summed E-state index contributed by atoms with van der Waals surface area (Å²) in [4.78, 5) is 32.5. The number of aryl methyl sites for hydroxylation is 1. The first-order valence-corrected chi connectivity index (χ1v) is 11.1. The molecule has 2 heterocycles. The fourth-order valence-corrected chi connectivity index (χ4v) is 4.15. The number of amides is 1. The third-order valence-electron chi connectivity index (χ3n) is 5.86. The Morgan fingerprint density at radius 2 is 1.84 bits per heavy atom. The maximum absolute atomic E-state index is 13.0. The van der Waals surface area contributed by atoms with Crippen LogP contribution >= 0.6 is 0 Å². The quantitative estimate of drug-likeness (QED) is 0.552. The molecular formula is C26H29N3O3. The van der Waals surface area contributed by atoms with Gasteiger partial charge in [0.25, 0.3) is 5.91 Å². The second-order valence-electron chi connectivity index (χ2n) is 8.56. The molecule has 6 heteroatoms. The molecule has 3 aromatic rings. The molecule has 1 fully saturated rings. The Hall–Kier alpha value is -3.41. The van der Waals surface area contributed by atoms with E-state index in [0.717, 1.165) is 53.6 Å². The topological polar surface area (TPSA) is 71.5 Å². The van der Waals surface area contributed by atoms with Crippen LogP contribution in [0.25, 0.3) is 10.9 Å². The highest BCUT2D eigenvalue weighted by Gasteiger charge is 2.24. The molecule has 0 bridgehead atoms. The number of benzene rings is 2. The third kappa shape index (κ3) is 4.59. The van der Waals surface area contributed by atoms with Crippen molar-refractivity contribution < 1.29 is 14.3 Å². The predicted octanol–water partition coefficient (Wildman–Crippen LogP) is 5.06. The van der Waals surface area contributed by atoms with Gasteiger partial charge < -0.3 is 15.0 Å². The van der Waals surface area contributed by atoms with Crippen molar-refractivity contribution in [3.8, 4) is 0 Å². The summed E-state index contributed by atoms with van der Waals surface area (Å²) in [6.45, 7) is 7.48. The fourth-order valence-electron chi connectivity index (χ4n) is 4.15. The lowest BCUT2D eigenvalue weighted by atomic mass is 9.98. The van der Waals surface area contributed by atoms with Crippen LogP contribution in [0.1, 0.15) is 54.1 Å². The number of ether oxygens (including phenoxy) is 1. The Morgan fingerprint density at radius 1 is 1.09 bits per heavy atom. The monoisotopic (exact) mass is 431 g/mol. The molecule has 0 spiro atoms. The van der Waals surface area contributed by atoms with Crippen LogP contribution in [0, 0.1) is 6.92 Å². The summed E-state index contributed by atoms with van der Waals surface area (Å²) in [5.41, 5.74) is 4.06. The van der Waals surface area contributed by atoms with Crippen LogP contribution in [0.15, 0.2) is 48.5 Å². The maximum atomic E-state index is 13.0. The lowest BCUT2D eigenvalue weighted by Gasteiger charge is -2.20. The van der Waals surface area contributed by atoms with Crippen LogP contribution in [0.3, 0.4) is 0 Å². The van der Waals surface area contributed by atoms with E-state index in [4.69, 9.17) is 9.72 Å². The van der Waals surface area contributed by atoms with E-state index in [9.17, 15) is 9.59 Å². The van der Waals surface area contributed by atoms with Crippen molar-refractivity contribution in [2.45, 2.75) is 39.5 Å². The normalized spacial score (nSPS) is 13.6. The molecule has 1 saturated heterocycles. The molecule has 0 aliphatic carbocycles. The van der Waals surface area contributed by atoms with Gasteiger partial charge in [0.15, 0.2) is 6.61 Å². The van der Waals surface area contributed by atoms with Gasteiger partial charge in [-0.2, -0.15) is 0 Å². The number of hydrogen-bond donors (Lipinski definition) is 1. The highest BCUT2D eigenvalue weighted by Crippen LogP contribution is 2.28. The number of aromatic nitrogens is 1. The molecule has 166 valence electrons. The van der Waals surface area contributed by atoms with E-state index in [2.05, 4.69) is 24.1 Å². The largest absolute Gasteiger partial charge is 0.452 e. The number of carbonyl (C=O) groups excluding carboxylic acids is 2. The molecule has 4 rings (SSSR count). The lowest BCUT2D eigenvalue weighted by Crippen LogP contribution is -2.25. The van der Waals surface area contributed by atoms with E-state index in [-0.39, 0.29) is 18.4 Å². The molecule has 1 aliphatic heterocycles. The van der Waals surface area contributed by atoms with Gasteiger partial charge in [-0.05, 0) is 48.9 Å². The number of anilines is 2. The van der Waals surface area contributed by atoms with E-state index in [1.165, 1.54) is 0 Å². The van der Waals surface area contributed by atoms with Gasteiger partial charge in [0.05, 0.1) is 5.52 Å². The van der Waals surface area contributed by atoms with Gasteiger partial charge >= 0.3 is 5.97 Å². The van der Waals surface area contributed by atoms with E-state index >= 15 is 0 Å². The van der Waals surface area contributed by atoms with Crippen LogP contribution in [0.2, 0.25) is 0 Å². The molecule has 2 aromatic carbocycles. The number of esters is 1. The summed E-state index contributed by atoms with van der Waals surface area (Å²) in [6.07, 6.45) is 2.14. The average Bonchev–Trinajstić information content (AvgIpc) is 3.32. The molecule has 1 aliphatic rings. The summed E-state index contributed by atoms with van der Waals surface area (Å²) in [5, 5.41) is 3.79. The molecule has 0 radical (unpaired) electrons. The number of nitrogens with one attached hydrogen (secondary N) is 1. The van der Waals surface area contributed by atoms with E-state index in [1.54, 1.807) is 0 Å². The molecule has 32 heavy (non-hydrogen) atoms. The Balaban J connectivity index is 1.52. The first kappa shape index (κ1) is 21.8. The van der Waals surface area contributed by atoms with E-state index in [1.807, 2.05) is 55.5 Å². The fraction of sp³-hybridized carbons (Fsp3) is 0.346. The van der Waals surface area contributed by atoms with Crippen LogP contribution < -0.4 is 10.2 Å². The smallest absolute Gasteiger partial charge is 0.342 e. The third-order valence-corrected chi connectivity index (χ3v) is 5.86. The van der Waals surface area contributed by atoms with Gasteiger partial charge in [-0.3, -0.25) is 4.79 Å². The van der Waals surface area contributed by atoms with Gasteiger partial charge in [-0.25, -0.2) is 9.78 Å². The number of carbonyl (C=O) groups is 2. The summed E-state index contributed by atoms with van der Waals surface area (Å²) in [6, 6.07) is 15.5. The molecule has 1 amide bonds. The summed E-state index contributed by atoms with van der Waals surface area (Å²) in [7, 11) is 0. The highest BCUT2D eigenvalue weighted by atomic mass is 16.5. The molecule has 1 N–H and O–H groups in total. The summed E-state index contributed by atoms with van der Waals surface area (Å²) < 4.78 is 5.43. The highest BCUT2D eigenvalue weighted by molar-refractivity contribution is 6.01. The number of pyridine rings is 1. The van der Waals surface area contributed by atoms with Gasteiger partial charge in [0.1, 0.15) is 11.4 Å². The van der Waals surface area contributed by atoms with Gasteiger partial charge in [0, 0.05) is 24.2 Å². The molecule has 0 atom stereocenters. The van der Waals surface area contributed by atoms with E-state index in [0.29, 0.717) is 11.4 Å². The van der Waals surface area contributed by atoms with Crippen LogP contribution in [0.4, 0.5) is 11.5 Å². The first-order chi connectivity index (χ1) is 15.4. The first-order valence-electron chi connectivity index (χ1n) is 11.1. The Kier molecular flexibility index (Phi) is 6.40.